The maximum absolute atomic E-state index is 6.39. The van der Waals surface area contributed by atoms with E-state index in [2.05, 4.69) is 94.4 Å². The molecule has 0 N–H and O–H groups in total. The number of aromatic nitrogens is 1. The Balaban J connectivity index is 1.31. The predicted molar refractivity (Wildman–Crippen MR) is 153 cm³/mol. The van der Waals surface area contributed by atoms with Crippen LogP contribution in [0.1, 0.15) is 27.7 Å². The van der Waals surface area contributed by atoms with E-state index >= 15 is 0 Å². The van der Waals surface area contributed by atoms with E-state index in [1.165, 1.54) is 11.1 Å². The van der Waals surface area contributed by atoms with Gasteiger partial charge in [0.25, 0.3) is 0 Å². The number of rotatable bonds is 3. The Labute approximate surface area is 220 Å². The van der Waals surface area contributed by atoms with E-state index < -0.39 is 18.3 Å². The highest BCUT2D eigenvalue weighted by molar-refractivity contribution is 7.21. The minimum Gasteiger partial charge on any atom is -0.456 e. The molecule has 182 valence electrons. The first-order chi connectivity index (χ1) is 17.8. The Morgan fingerprint density at radius 3 is 2.11 bits per heavy atom. The average molecular weight is 503 g/mol. The van der Waals surface area contributed by atoms with Crippen molar-refractivity contribution in [3.05, 3.63) is 84.9 Å². The summed E-state index contributed by atoms with van der Waals surface area (Å²) in [5.74, 6) is 0. The lowest BCUT2D eigenvalue weighted by atomic mass is 9.76. The Kier molecular flexibility index (Phi) is 4.93. The molecule has 7 rings (SSSR count). The summed E-state index contributed by atoms with van der Waals surface area (Å²) in [6.07, 6.45) is 0. The maximum atomic E-state index is 6.39. The summed E-state index contributed by atoms with van der Waals surface area (Å²) in [5.41, 5.74) is 6.33. The molecule has 0 atom stereocenters. The van der Waals surface area contributed by atoms with Crippen LogP contribution in [-0.4, -0.2) is 23.3 Å². The quantitative estimate of drug-likeness (QED) is 0.231. The van der Waals surface area contributed by atoms with Crippen molar-refractivity contribution in [2.45, 2.75) is 38.9 Å². The number of nitrogens with zero attached hydrogens (tertiary/aromatic N) is 1. The SMILES string of the molecule is CC1(C)OB(c2cccc3oc4cc5sc(-c6ccc(-c7ccccc7)cc6)nc5cc4c23)OC1(C)C. The summed E-state index contributed by atoms with van der Waals surface area (Å²) < 4.78 is 20.2. The molecule has 3 heterocycles. The highest BCUT2D eigenvalue weighted by Crippen LogP contribution is 2.40. The van der Waals surface area contributed by atoms with Crippen molar-refractivity contribution in [2.24, 2.45) is 0 Å². The Bertz CT molecular complexity index is 1770. The molecule has 4 aromatic carbocycles. The van der Waals surface area contributed by atoms with Crippen molar-refractivity contribution in [1.82, 2.24) is 4.98 Å². The largest absolute Gasteiger partial charge is 0.495 e. The van der Waals surface area contributed by atoms with Gasteiger partial charge in [-0.1, -0.05) is 66.7 Å². The second-order valence-electron chi connectivity index (χ2n) is 10.7. The summed E-state index contributed by atoms with van der Waals surface area (Å²) in [4.78, 5) is 5.01. The molecule has 2 aromatic heterocycles. The van der Waals surface area contributed by atoms with Gasteiger partial charge in [-0.3, -0.25) is 0 Å². The molecule has 1 saturated heterocycles. The van der Waals surface area contributed by atoms with Crippen LogP contribution < -0.4 is 5.46 Å². The molecule has 1 aliphatic heterocycles. The van der Waals surface area contributed by atoms with E-state index in [4.69, 9.17) is 18.7 Å². The standard InChI is InChI=1S/C31H26BNO3S/c1-30(2)31(3,4)36-32(35-30)23-11-8-12-25-28(23)22-17-24-27(18-26(22)34-25)37-29(33-24)21-15-13-20(14-16-21)19-9-6-5-7-10-19/h5-18H,1-4H3. The van der Waals surface area contributed by atoms with Crippen LogP contribution in [0.5, 0.6) is 0 Å². The van der Waals surface area contributed by atoms with Crippen molar-refractivity contribution in [2.75, 3.05) is 0 Å². The van der Waals surface area contributed by atoms with Crippen LogP contribution in [0.15, 0.2) is 89.3 Å². The van der Waals surface area contributed by atoms with E-state index in [-0.39, 0.29) is 0 Å². The number of fused-ring (bicyclic) bond motifs is 4. The first kappa shape index (κ1) is 22.7. The van der Waals surface area contributed by atoms with Crippen LogP contribution in [0.4, 0.5) is 0 Å². The zero-order chi connectivity index (χ0) is 25.4. The molecule has 6 heteroatoms. The highest BCUT2D eigenvalue weighted by Gasteiger charge is 2.52. The van der Waals surface area contributed by atoms with E-state index in [9.17, 15) is 0 Å². The number of furan rings is 1. The van der Waals surface area contributed by atoms with Gasteiger partial charge in [0.1, 0.15) is 16.2 Å². The summed E-state index contributed by atoms with van der Waals surface area (Å²) in [5, 5.41) is 3.06. The lowest BCUT2D eigenvalue weighted by Gasteiger charge is -2.32. The molecule has 0 saturated carbocycles. The van der Waals surface area contributed by atoms with Crippen molar-refractivity contribution in [3.63, 3.8) is 0 Å². The van der Waals surface area contributed by atoms with Gasteiger partial charge in [-0.2, -0.15) is 0 Å². The van der Waals surface area contributed by atoms with E-state index in [1.807, 2.05) is 18.2 Å². The molecule has 0 bridgehead atoms. The summed E-state index contributed by atoms with van der Waals surface area (Å²) in [6.45, 7) is 8.31. The van der Waals surface area contributed by atoms with Crippen molar-refractivity contribution in [1.29, 1.82) is 0 Å². The Hall–Kier alpha value is -3.45. The minimum atomic E-state index is -0.459. The predicted octanol–water partition coefficient (Wildman–Crippen LogP) is 7.83. The zero-order valence-corrected chi connectivity index (χ0v) is 22.1. The van der Waals surface area contributed by atoms with Gasteiger partial charge in [0.05, 0.1) is 21.4 Å². The lowest BCUT2D eigenvalue weighted by Crippen LogP contribution is -2.41. The molecule has 1 aliphatic rings. The normalized spacial score (nSPS) is 16.8. The molecular formula is C31H26BNO3S. The van der Waals surface area contributed by atoms with Gasteiger partial charge < -0.3 is 13.7 Å². The molecule has 6 aromatic rings. The number of thiazole rings is 1. The second-order valence-corrected chi connectivity index (χ2v) is 11.7. The van der Waals surface area contributed by atoms with E-state index in [0.29, 0.717) is 0 Å². The summed E-state index contributed by atoms with van der Waals surface area (Å²) in [7, 11) is -0.459. The van der Waals surface area contributed by atoms with Crippen LogP contribution in [0.3, 0.4) is 0 Å². The molecule has 0 aliphatic carbocycles. The minimum absolute atomic E-state index is 0.410. The zero-order valence-electron chi connectivity index (χ0n) is 21.2. The van der Waals surface area contributed by atoms with Crippen LogP contribution in [0.2, 0.25) is 0 Å². The van der Waals surface area contributed by atoms with Crippen LogP contribution >= 0.6 is 11.3 Å². The van der Waals surface area contributed by atoms with Gasteiger partial charge in [-0.05, 0) is 56.4 Å². The van der Waals surface area contributed by atoms with E-state index in [1.54, 1.807) is 11.3 Å². The monoisotopic (exact) mass is 503 g/mol. The molecule has 0 amide bonds. The Morgan fingerprint density at radius 2 is 1.38 bits per heavy atom. The van der Waals surface area contributed by atoms with Gasteiger partial charge in [0.2, 0.25) is 0 Å². The van der Waals surface area contributed by atoms with Crippen LogP contribution in [-0.2, 0) is 9.31 Å². The number of hydrogen-bond donors (Lipinski definition) is 0. The van der Waals surface area contributed by atoms with Crippen molar-refractivity contribution in [3.8, 4) is 21.7 Å². The number of hydrogen-bond acceptors (Lipinski definition) is 5. The molecule has 0 unspecified atom stereocenters. The lowest BCUT2D eigenvalue weighted by molar-refractivity contribution is 0.00578. The third kappa shape index (κ3) is 3.63. The van der Waals surface area contributed by atoms with Gasteiger partial charge in [-0.15, -0.1) is 11.3 Å². The van der Waals surface area contributed by atoms with Gasteiger partial charge in [-0.25, -0.2) is 4.98 Å². The fraction of sp³-hybridized carbons (Fsp3) is 0.194. The summed E-state index contributed by atoms with van der Waals surface area (Å²) >= 11 is 1.69. The smallest absolute Gasteiger partial charge is 0.456 e. The van der Waals surface area contributed by atoms with Crippen LogP contribution in [0.25, 0.3) is 53.9 Å². The van der Waals surface area contributed by atoms with Crippen molar-refractivity contribution < 1.29 is 13.7 Å². The Morgan fingerprint density at radius 1 is 0.703 bits per heavy atom. The van der Waals surface area contributed by atoms with Crippen molar-refractivity contribution >= 4 is 56.1 Å². The second kappa shape index (κ2) is 8.03. The molecular weight excluding hydrogens is 477 g/mol. The molecule has 1 fully saturated rings. The molecule has 4 nitrogen and oxygen atoms in total. The van der Waals surface area contributed by atoms with Gasteiger partial charge >= 0.3 is 7.12 Å². The highest BCUT2D eigenvalue weighted by atomic mass is 32.1. The first-order valence-electron chi connectivity index (χ1n) is 12.6. The first-order valence-corrected chi connectivity index (χ1v) is 13.4. The fourth-order valence-corrected chi connectivity index (χ4v) is 5.98. The third-order valence-corrected chi connectivity index (χ3v) is 8.85. The van der Waals surface area contributed by atoms with Crippen LogP contribution in [0, 0.1) is 0 Å². The number of benzene rings is 4. The molecule has 0 spiro atoms. The topological polar surface area (TPSA) is 44.5 Å². The average Bonchev–Trinajstić information content (AvgIpc) is 3.53. The van der Waals surface area contributed by atoms with Gasteiger partial charge in [0.15, 0.2) is 0 Å². The van der Waals surface area contributed by atoms with Gasteiger partial charge in [0, 0.05) is 22.4 Å². The van der Waals surface area contributed by atoms with E-state index in [0.717, 1.165) is 48.2 Å². The molecule has 0 radical (unpaired) electrons. The third-order valence-electron chi connectivity index (χ3n) is 7.78. The maximum Gasteiger partial charge on any atom is 0.495 e. The molecule has 37 heavy (non-hydrogen) atoms. The fourth-order valence-electron chi connectivity index (χ4n) is 5.00. The summed E-state index contributed by atoms with van der Waals surface area (Å²) in [6, 6.07) is 29.4.